The highest BCUT2D eigenvalue weighted by molar-refractivity contribution is 7.86. The number of hydrogen-bond donors (Lipinski definition) is 0. The molecule has 0 unspecified atom stereocenters. The van der Waals surface area contributed by atoms with Gasteiger partial charge in [-0.3, -0.25) is 4.79 Å². The van der Waals surface area contributed by atoms with Gasteiger partial charge in [0.1, 0.15) is 0 Å². The summed E-state index contributed by atoms with van der Waals surface area (Å²) in [5.74, 6) is 0.0507. The number of aromatic nitrogens is 1. The molecule has 0 aliphatic carbocycles. The molecular formula is C20H27ClN4O3S. The van der Waals surface area contributed by atoms with Crippen LogP contribution in [-0.2, 0) is 21.5 Å². The van der Waals surface area contributed by atoms with Gasteiger partial charge in [-0.15, -0.1) is 0 Å². The van der Waals surface area contributed by atoms with Crippen molar-refractivity contribution < 1.29 is 13.2 Å². The van der Waals surface area contributed by atoms with Gasteiger partial charge in [0.15, 0.2) is 0 Å². The third kappa shape index (κ3) is 5.39. The molecule has 1 aliphatic rings. The van der Waals surface area contributed by atoms with Crippen molar-refractivity contribution in [1.29, 1.82) is 0 Å². The zero-order chi connectivity index (χ0) is 21.0. The van der Waals surface area contributed by atoms with Gasteiger partial charge < -0.3 is 9.47 Å². The number of carbonyl (C=O) groups is 1. The minimum atomic E-state index is -3.44. The van der Waals surface area contributed by atoms with Gasteiger partial charge >= 0.3 is 0 Å². The van der Waals surface area contributed by atoms with Crippen molar-refractivity contribution in [3.05, 3.63) is 59.4 Å². The van der Waals surface area contributed by atoms with Crippen LogP contribution in [0.3, 0.4) is 0 Å². The molecule has 1 atom stereocenters. The molecule has 2 heterocycles. The van der Waals surface area contributed by atoms with Gasteiger partial charge in [-0.25, -0.2) is 0 Å². The van der Waals surface area contributed by atoms with Gasteiger partial charge in [-0.2, -0.15) is 17.0 Å². The topological polar surface area (TPSA) is 65.9 Å². The second kappa shape index (κ2) is 9.30. The van der Waals surface area contributed by atoms with Crippen LogP contribution in [0.2, 0.25) is 5.02 Å². The van der Waals surface area contributed by atoms with Crippen molar-refractivity contribution in [2.24, 2.45) is 0 Å². The Bertz CT molecular complexity index is 906. The van der Waals surface area contributed by atoms with Crippen LogP contribution in [0.1, 0.15) is 17.9 Å². The van der Waals surface area contributed by atoms with E-state index in [0.29, 0.717) is 44.2 Å². The standard InChI is InChI=1S/C20H27ClN4O3S/c1-22(2)29(27,28)25-13-11-24(12-14-25)20(26)15-18(16-23-9-3-4-10-23)17-5-7-19(21)8-6-17/h3-10,18H,11-16H2,1-2H3/t18-/m0/s1. The number of halogens is 1. The summed E-state index contributed by atoms with van der Waals surface area (Å²) in [5, 5.41) is 0.665. The summed E-state index contributed by atoms with van der Waals surface area (Å²) in [4.78, 5) is 14.7. The van der Waals surface area contributed by atoms with E-state index in [-0.39, 0.29) is 11.8 Å². The molecule has 158 valence electrons. The minimum absolute atomic E-state index is 0.00991. The van der Waals surface area contributed by atoms with E-state index < -0.39 is 10.2 Å². The number of piperazine rings is 1. The summed E-state index contributed by atoms with van der Waals surface area (Å²) in [7, 11) is -0.403. The number of nitrogens with zero attached hydrogens (tertiary/aromatic N) is 4. The Balaban J connectivity index is 1.66. The zero-order valence-electron chi connectivity index (χ0n) is 16.7. The molecular weight excluding hydrogens is 412 g/mol. The van der Waals surface area contributed by atoms with Crippen LogP contribution in [0.25, 0.3) is 0 Å². The second-order valence-corrected chi connectivity index (χ2v) is 9.98. The number of benzene rings is 1. The quantitative estimate of drug-likeness (QED) is 0.666. The molecule has 1 aromatic carbocycles. The highest BCUT2D eigenvalue weighted by Gasteiger charge is 2.31. The Morgan fingerprint density at radius 2 is 1.66 bits per heavy atom. The van der Waals surface area contributed by atoms with Crippen molar-refractivity contribution in [3.63, 3.8) is 0 Å². The summed E-state index contributed by atoms with van der Waals surface area (Å²) >= 11 is 6.02. The second-order valence-electron chi connectivity index (χ2n) is 7.40. The van der Waals surface area contributed by atoms with E-state index in [1.54, 1.807) is 4.90 Å². The molecule has 1 saturated heterocycles. The molecule has 1 amide bonds. The third-order valence-corrected chi connectivity index (χ3v) is 7.43. The normalized spacial score (nSPS) is 16.9. The van der Waals surface area contributed by atoms with Crippen LogP contribution >= 0.6 is 11.6 Å². The Morgan fingerprint density at radius 3 is 2.21 bits per heavy atom. The van der Waals surface area contributed by atoms with Crippen LogP contribution in [0.4, 0.5) is 0 Å². The lowest BCUT2D eigenvalue weighted by atomic mass is 9.94. The van der Waals surface area contributed by atoms with Gasteiger partial charge in [0.25, 0.3) is 10.2 Å². The molecule has 0 saturated carbocycles. The molecule has 0 N–H and O–H groups in total. The highest BCUT2D eigenvalue weighted by Crippen LogP contribution is 2.25. The summed E-state index contributed by atoms with van der Waals surface area (Å²) in [5.41, 5.74) is 1.06. The molecule has 9 heteroatoms. The van der Waals surface area contributed by atoms with Crippen LogP contribution in [0.15, 0.2) is 48.8 Å². The zero-order valence-corrected chi connectivity index (χ0v) is 18.3. The molecule has 0 spiro atoms. The predicted octanol–water partition coefficient (Wildman–Crippen LogP) is 2.27. The van der Waals surface area contributed by atoms with Crippen molar-refractivity contribution in [1.82, 2.24) is 18.1 Å². The first-order chi connectivity index (χ1) is 13.8. The van der Waals surface area contributed by atoms with Crippen LogP contribution < -0.4 is 0 Å². The minimum Gasteiger partial charge on any atom is -0.354 e. The van der Waals surface area contributed by atoms with E-state index in [1.165, 1.54) is 22.7 Å². The Morgan fingerprint density at radius 1 is 1.07 bits per heavy atom. The fourth-order valence-corrected chi connectivity index (χ4v) is 4.72. The maximum Gasteiger partial charge on any atom is 0.281 e. The van der Waals surface area contributed by atoms with E-state index >= 15 is 0 Å². The largest absolute Gasteiger partial charge is 0.354 e. The lowest BCUT2D eigenvalue weighted by Gasteiger charge is -2.35. The van der Waals surface area contributed by atoms with Crippen LogP contribution in [0, 0.1) is 0 Å². The molecule has 3 rings (SSSR count). The Labute approximate surface area is 177 Å². The first-order valence-electron chi connectivity index (χ1n) is 9.59. The maximum absolute atomic E-state index is 13.0. The molecule has 2 aromatic rings. The lowest BCUT2D eigenvalue weighted by Crippen LogP contribution is -2.53. The van der Waals surface area contributed by atoms with Crippen LogP contribution in [-0.4, -0.2) is 72.7 Å². The molecule has 1 aromatic heterocycles. The Hall–Kier alpha value is -1.87. The summed E-state index contributed by atoms with van der Waals surface area (Å²) in [6, 6.07) is 11.5. The number of carbonyl (C=O) groups excluding carboxylic acids is 1. The summed E-state index contributed by atoms with van der Waals surface area (Å²) in [6.45, 7) is 2.13. The summed E-state index contributed by atoms with van der Waals surface area (Å²) < 4.78 is 29.2. The van der Waals surface area contributed by atoms with Gasteiger partial charge in [0, 0.05) is 76.6 Å². The lowest BCUT2D eigenvalue weighted by molar-refractivity contribution is -0.132. The summed E-state index contributed by atoms with van der Waals surface area (Å²) in [6.07, 6.45) is 4.33. The molecule has 29 heavy (non-hydrogen) atoms. The van der Waals surface area contributed by atoms with E-state index in [9.17, 15) is 13.2 Å². The molecule has 7 nitrogen and oxygen atoms in total. The number of amides is 1. The van der Waals surface area contributed by atoms with Crippen molar-refractivity contribution in [2.45, 2.75) is 18.9 Å². The van der Waals surface area contributed by atoms with Gasteiger partial charge in [-0.05, 0) is 29.8 Å². The first-order valence-corrected chi connectivity index (χ1v) is 11.4. The van der Waals surface area contributed by atoms with Crippen molar-refractivity contribution in [3.8, 4) is 0 Å². The molecule has 0 bridgehead atoms. The van der Waals surface area contributed by atoms with Gasteiger partial charge in [0.2, 0.25) is 5.91 Å². The predicted molar refractivity (Wildman–Crippen MR) is 114 cm³/mol. The third-order valence-electron chi connectivity index (χ3n) is 5.24. The molecule has 1 fully saturated rings. The monoisotopic (exact) mass is 438 g/mol. The average molecular weight is 439 g/mol. The van der Waals surface area contributed by atoms with E-state index in [0.717, 1.165) is 5.56 Å². The maximum atomic E-state index is 13.0. The van der Waals surface area contributed by atoms with Gasteiger partial charge in [-0.1, -0.05) is 23.7 Å². The average Bonchev–Trinajstić information content (AvgIpc) is 3.21. The number of rotatable bonds is 7. The number of hydrogen-bond acceptors (Lipinski definition) is 3. The SMILES string of the molecule is CN(C)S(=O)(=O)N1CCN(C(=O)C[C@@H](Cn2cccc2)c2ccc(Cl)cc2)CC1. The van der Waals surface area contributed by atoms with Gasteiger partial charge in [0.05, 0.1) is 0 Å². The highest BCUT2D eigenvalue weighted by atomic mass is 35.5. The van der Waals surface area contributed by atoms with Crippen molar-refractivity contribution >= 4 is 27.7 Å². The Kier molecular flexibility index (Phi) is 7.00. The molecule has 0 radical (unpaired) electrons. The van der Waals surface area contributed by atoms with Crippen molar-refractivity contribution in [2.75, 3.05) is 40.3 Å². The fraction of sp³-hybridized carbons (Fsp3) is 0.450. The van der Waals surface area contributed by atoms with E-state index in [1.807, 2.05) is 48.8 Å². The first kappa shape index (κ1) is 21.8. The smallest absolute Gasteiger partial charge is 0.281 e. The van der Waals surface area contributed by atoms with Crippen LogP contribution in [0.5, 0.6) is 0 Å². The molecule has 1 aliphatic heterocycles. The van der Waals surface area contributed by atoms with E-state index in [4.69, 9.17) is 11.6 Å². The fourth-order valence-electron chi connectivity index (χ4n) is 3.51. The van der Waals surface area contributed by atoms with E-state index in [2.05, 4.69) is 4.57 Å².